The van der Waals surface area contributed by atoms with Crippen molar-refractivity contribution in [3.8, 4) is 0 Å². The van der Waals surface area contributed by atoms with Gasteiger partial charge < -0.3 is 4.90 Å². The molecule has 150 valence electrons. The lowest BCUT2D eigenvalue weighted by Gasteiger charge is -2.39. The van der Waals surface area contributed by atoms with Gasteiger partial charge in [0, 0.05) is 31.6 Å². The molecule has 2 saturated heterocycles. The lowest BCUT2D eigenvalue weighted by molar-refractivity contribution is -0.140. The van der Waals surface area contributed by atoms with Crippen LogP contribution in [0.4, 0.5) is 0 Å². The predicted molar refractivity (Wildman–Crippen MR) is 107 cm³/mol. The van der Waals surface area contributed by atoms with E-state index in [1.165, 1.54) is 6.42 Å². The molecule has 3 rings (SSSR count). The Labute approximate surface area is 163 Å². The Hall–Kier alpha value is -1.40. The van der Waals surface area contributed by atoms with Crippen LogP contribution < -0.4 is 0 Å². The van der Waals surface area contributed by atoms with Crippen LogP contribution in [0.25, 0.3) is 0 Å². The van der Waals surface area contributed by atoms with Crippen LogP contribution in [-0.4, -0.2) is 49.2 Å². The normalized spacial score (nSPS) is 22.8. The molecule has 1 aromatic carbocycles. The van der Waals surface area contributed by atoms with Crippen LogP contribution in [0.3, 0.4) is 0 Å². The van der Waals surface area contributed by atoms with Crippen molar-refractivity contribution in [2.45, 2.75) is 70.2 Å². The predicted octanol–water partition coefficient (Wildman–Crippen LogP) is 3.50. The average Bonchev–Trinajstić information content (AvgIpc) is 2.69. The highest BCUT2D eigenvalue weighted by Gasteiger charge is 2.36. The molecule has 5 nitrogen and oxygen atoms in total. The van der Waals surface area contributed by atoms with E-state index in [2.05, 4.69) is 11.8 Å². The molecule has 2 aliphatic heterocycles. The third-order valence-electron chi connectivity index (χ3n) is 6.15. The van der Waals surface area contributed by atoms with Gasteiger partial charge >= 0.3 is 0 Å². The lowest BCUT2D eigenvalue weighted by Crippen LogP contribution is -2.49. The Bertz CT molecular complexity index is 783. The molecule has 1 unspecified atom stereocenters. The second-order valence-corrected chi connectivity index (χ2v) is 9.94. The second kappa shape index (κ2) is 8.31. The van der Waals surface area contributed by atoms with E-state index >= 15 is 0 Å². The van der Waals surface area contributed by atoms with Crippen molar-refractivity contribution in [2.24, 2.45) is 5.92 Å². The summed E-state index contributed by atoms with van der Waals surface area (Å²) in [5.41, 5.74) is 1.72. The van der Waals surface area contributed by atoms with Crippen molar-refractivity contribution < 1.29 is 13.2 Å². The first-order valence-corrected chi connectivity index (χ1v) is 11.7. The van der Waals surface area contributed by atoms with Gasteiger partial charge in [-0.05, 0) is 69.6 Å². The molecule has 1 amide bonds. The highest BCUT2D eigenvalue weighted by molar-refractivity contribution is 7.89. The minimum Gasteiger partial charge on any atom is -0.339 e. The maximum absolute atomic E-state index is 13.1. The Morgan fingerprint density at radius 3 is 2.44 bits per heavy atom. The second-order valence-electron chi connectivity index (χ2n) is 8.04. The van der Waals surface area contributed by atoms with Crippen LogP contribution in [0.2, 0.25) is 0 Å². The number of piperidine rings is 2. The van der Waals surface area contributed by atoms with E-state index in [-0.39, 0.29) is 11.8 Å². The summed E-state index contributed by atoms with van der Waals surface area (Å²) in [4.78, 5) is 15.5. The molecule has 1 atom stereocenters. The number of aryl methyl sites for hydroxylation is 2. The van der Waals surface area contributed by atoms with Gasteiger partial charge in [-0.1, -0.05) is 19.1 Å². The number of carbonyl (C=O) groups excluding carboxylic acids is 1. The van der Waals surface area contributed by atoms with Crippen molar-refractivity contribution in [3.63, 3.8) is 0 Å². The molecule has 27 heavy (non-hydrogen) atoms. The largest absolute Gasteiger partial charge is 0.339 e. The molecule has 2 heterocycles. The van der Waals surface area contributed by atoms with Crippen LogP contribution >= 0.6 is 0 Å². The Morgan fingerprint density at radius 2 is 1.78 bits per heavy atom. The number of nitrogens with zero attached hydrogens (tertiary/aromatic N) is 2. The van der Waals surface area contributed by atoms with Gasteiger partial charge in [-0.3, -0.25) is 4.79 Å². The van der Waals surface area contributed by atoms with Gasteiger partial charge in [0.2, 0.25) is 15.9 Å². The van der Waals surface area contributed by atoms with Crippen LogP contribution in [0, 0.1) is 19.8 Å². The zero-order valence-corrected chi connectivity index (χ0v) is 17.6. The zero-order chi connectivity index (χ0) is 19.6. The van der Waals surface area contributed by atoms with Crippen molar-refractivity contribution in [3.05, 3.63) is 29.3 Å². The summed E-state index contributed by atoms with van der Waals surface area (Å²) in [6.07, 6.45) is 5.64. The van der Waals surface area contributed by atoms with E-state index in [4.69, 9.17) is 0 Å². The molecule has 0 saturated carbocycles. The summed E-state index contributed by atoms with van der Waals surface area (Å²) < 4.78 is 27.7. The Kier molecular flexibility index (Phi) is 6.26. The highest BCUT2D eigenvalue weighted by atomic mass is 32.2. The first kappa shape index (κ1) is 20.3. The average molecular weight is 393 g/mol. The van der Waals surface area contributed by atoms with Gasteiger partial charge in [-0.15, -0.1) is 0 Å². The molecular weight excluding hydrogens is 360 g/mol. The van der Waals surface area contributed by atoms with E-state index in [0.29, 0.717) is 36.9 Å². The minimum atomic E-state index is -3.50. The monoisotopic (exact) mass is 392 g/mol. The first-order valence-electron chi connectivity index (χ1n) is 10.2. The number of likely N-dealkylation sites (tertiary alicyclic amines) is 1. The molecule has 0 aromatic heterocycles. The lowest BCUT2D eigenvalue weighted by atomic mass is 9.92. The molecule has 0 bridgehead atoms. The molecule has 1 aromatic rings. The number of benzene rings is 1. The number of carbonyl (C=O) groups is 1. The molecule has 2 fully saturated rings. The van der Waals surface area contributed by atoms with E-state index in [9.17, 15) is 13.2 Å². The minimum absolute atomic E-state index is 0.0396. The number of amides is 1. The fourth-order valence-electron chi connectivity index (χ4n) is 4.42. The number of rotatable bonds is 4. The van der Waals surface area contributed by atoms with Crippen LogP contribution in [-0.2, 0) is 14.8 Å². The third kappa shape index (κ3) is 4.21. The van der Waals surface area contributed by atoms with Crippen LogP contribution in [0.15, 0.2) is 23.1 Å². The maximum atomic E-state index is 13.1. The summed E-state index contributed by atoms with van der Waals surface area (Å²) in [5, 5.41) is 0. The molecule has 0 radical (unpaired) electrons. The summed E-state index contributed by atoms with van der Waals surface area (Å²) in [6.45, 7) is 7.61. The van der Waals surface area contributed by atoms with E-state index in [0.717, 1.165) is 36.9 Å². The number of hydrogen-bond acceptors (Lipinski definition) is 3. The van der Waals surface area contributed by atoms with Gasteiger partial charge in [-0.25, -0.2) is 8.42 Å². The fourth-order valence-corrected chi connectivity index (χ4v) is 6.20. The standard InChI is InChI=1S/C21H32N2O3S/c1-4-19-7-5-6-12-23(19)21(24)18-10-13-22(14-11-18)27(25,26)20-15-16(2)8-9-17(20)3/h8-9,15,18-19H,4-7,10-14H2,1-3H3. The topological polar surface area (TPSA) is 57.7 Å². The molecule has 0 spiro atoms. The molecule has 0 aliphatic carbocycles. The molecule has 2 aliphatic rings. The van der Waals surface area contributed by atoms with Crippen molar-refractivity contribution in [1.82, 2.24) is 9.21 Å². The quantitative estimate of drug-likeness (QED) is 0.788. The maximum Gasteiger partial charge on any atom is 0.243 e. The summed E-state index contributed by atoms with van der Waals surface area (Å²) in [6, 6.07) is 5.91. The van der Waals surface area contributed by atoms with E-state index in [1.54, 1.807) is 10.4 Å². The smallest absolute Gasteiger partial charge is 0.243 e. The van der Waals surface area contributed by atoms with Crippen molar-refractivity contribution in [1.29, 1.82) is 0 Å². The number of hydrogen-bond donors (Lipinski definition) is 0. The summed E-state index contributed by atoms with van der Waals surface area (Å²) in [5.74, 6) is 0.201. The van der Waals surface area contributed by atoms with Crippen LogP contribution in [0.5, 0.6) is 0 Å². The van der Waals surface area contributed by atoms with Gasteiger partial charge in [0.15, 0.2) is 0 Å². The highest BCUT2D eigenvalue weighted by Crippen LogP contribution is 2.29. The number of sulfonamides is 1. The first-order chi connectivity index (χ1) is 12.8. The van der Waals surface area contributed by atoms with E-state index in [1.807, 2.05) is 26.0 Å². The van der Waals surface area contributed by atoms with Gasteiger partial charge in [0.1, 0.15) is 0 Å². The Morgan fingerprint density at radius 1 is 1.07 bits per heavy atom. The van der Waals surface area contributed by atoms with Gasteiger partial charge in [0.05, 0.1) is 4.90 Å². The van der Waals surface area contributed by atoms with Crippen LogP contribution in [0.1, 0.15) is 56.6 Å². The van der Waals surface area contributed by atoms with Crippen molar-refractivity contribution >= 4 is 15.9 Å². The van der Waals surface area contributed by atoms with E-state index < -0.39 is 10.0 Å². The fraction of sp³-hybridized carbons (Fsp3) is 0.667. The Balaban J connectivity index is 1.68. The summed E-state index contributed by atoms with van der Waals surface area (Å²) >= 11 is 0. The molecular formula is C21H32N2O3S. The molecule has 0 N–H and O–H groups in total. The summed E-state index contributed by atoms with van der Waals surface area (Å²) in [7, 11) is -3.50. The third-order valence-corrected chi connectivity index (χ3v) is 8.19. The van der Waals surface area contributed by atoms with Gasteiger partial charge in [-0.2, -0.15) is 4.31 Å². The van der Waals surface area contributed by atoms with Crippen molar-refractivity contribution in [2.75, 3.05) is 19.6 Å². The molecule has 6 heteroatoms. The zero-order valence-electron chi connectivity index (χ0n) is 16.8. The SMILES string of the molecule is CCC1CCCCN1C(=O)C1CCN(S(=O)(=O)c2cc(C)ccc2C)CC1. The van der Waals surface area contributed by atoms with Gasteiger partial charge in [0.25, 0.3) is 0 Å².